The first-order valence-electron chi connectivity index (χ1n) is 6.90. The maximum Gasteiger partial charge on any atom is 0.122 e. The molecule has 17 heavy (non-hydrogen) atoms. The summed E-state index contributed by atoms with van der Waals surface area (Å²) >= 11 is 0. The molecule has 1 aromatic carbocycles. The van der Waals surface area contributed by atoms with E-state index in [1.165, 1.54) is 30.4 Å². The van der Waals surface area contributed by atoms with Gasteiger partial charge in [0, 0.05) is 5.41 Å². The number of benzene rings is 1. The summed E-state index contributed by atoms with van der Waals surface area (Å²) in [6.07, 6.45) is 4.01. The molecule has 1 heterocycles. The van der Waals surface area contributed by atoms with Crippen molar-refractivity contribution in [1.29, 1.82) is 0 Å². The first kappa shape index (κ1) is 12.5. The van der Waals surface area contributed by atoms with Crippen LogP contribution in [0.15, 0.2) is 18.2 Å². The number of hydrogen-bond acceptors (Lipinski definition) is 1. The number of fused-ring (bicyclic) bond motifs is 1. The number of hydrogen-bond donors (Lipinski definition) is 0. The van der Waals surface area contributed by atoms with E-state index in [0.29, 0.717) is 5.41 Å². The molecule has 0 bridgehead atoms. The van der Waals surface area contributed by atoms with E-state index in [0.717, 1.165) is 18.3 Å². The monoisotopic (exact) mass is 232 g/mol. The summed E-state index contributed by atoms with van der Waals surface area (Å²) < 4.78 is 5.90. The predicted molar refractivity (Wildman–Crippen MR) is 72.6 cm³/mol. The lowest BCUT2D eigenvalue weighted by Gasteiger charge is -2.35. The molecular weight excluding hydrogens is 208 g/mol. The van der Waals surface area contributed by atoms with E-state index in [4.69, 9.17) is 4.74 Å². The van der Waals surface area contributed by atoms with Crippen molar-refractivity contribution in [2.24, 2.45) is 11.3 Å². The smallest absolute Gasteiger partial charge is 0.122 e. The van der Waals surface area contributed by atoms with Crippen molar-refractivity contribution in [3.8, 4) is 5.75 Å². The Morgan fingerprint density at radius 3 is 2.59 bits per heavy atom. The minimum absolute atomic E-state index is 0.404. The van der Waals surface area contributed by atoms with E-state index in [-0.39, 0.29) is 0 Å². The fourth-order valence-corrected chi connectivity index (χ4v) is 2.76. The van der Waals surface area contributed by atoms with Crippen LogP contribution < -0.4 is 4.74 Å². The fourth-order valence-electron chi connectivity index (χ4n) is 2.76. The summed E-state index contributed by atoms with van der Waals surface area (Å²) in [4.78, 5) is 0. The second-order valence-electron chi connectivity index (χ2n) is 5.50. The predicted octanol–water partition coefficient (Wildman–Crippen LogP) is 4.37. The Kier molecular flexibility index (Phi) is 3.46. The Bertz CT molecular complexity index is 393. The quantitative estimate of drug-likeness (QED) is 0.698. The number of rotatable bonds is 1. The topological polar surface area (TPSA) is 9.23 Å². The van der Waals surface area contributed by atoms with Gasteiger partial charge >= 0.3 is 0 Å². The molecule has 1 aliphatic heterocycles. The summed E-state index contributed by atoms with van der Waals surface area (Å²) in [7, 11) is 0. The van der Waals surface area contributed by atoms with Crippen LogP contribution in [-0.4, -0.2) is 6.61 Å². The zero-order valence-electron chi connectivity index (χ0n) is 11.5. The lowest BCUT2D eigenvalue weighted by Crippen LogP contribution is -2.33. The Hall–Kier alpha value is -0.980. The SMILES string of the molecule is CC.Cc1ccc2c(c1)CC(C)(C1CC1)CO2. The highest BCUT2D eigenvalue weighted by atomic mass is 16.5. The maximum atomic E-state index is 5.90. The van der Waals surface area contributed by atoms with Crippen molar-refractivity contribution in [2.75, 3.05) is 6.61 Å². The van der Waals surface area contributed by atoms with Gasteiger partial charge in [-0.3, -0.25) is 0 Å². The Morgan fingerprint density at radius 2 is 1.94 bits per heavy atom. The largest absolute Gasteiger partial charge is 0.493 e. The third kappa shape index (κ3) is 2.48. The third-order valence-electron chi connectivity index (χ3n) is 3.93. The lowest BCUT2D eigenvalue weighted by molar-refractivity contribution is 0.115. The van der Waals surface area contributed by atoms with Crippen LogP contribution in [-0.2, 0) is 6.42 Å². The molecule has 1 unspecified atom stereocenters. The van der Waals surface area contributed by atoms with Gasteiger partial charge in [0.25, 0.3) is 0 Å². The second-order valence-corrected chi connectivity index (χ2v) is 5.50. The minimum atomic E-state index is 0.404. The number of aryl methyl sites for hydroxylation is 1. The Balaban J connectivity index is 0.000000514. The molecule has 1 saturated carbocycles. The summed E-state index contributed by atoms with van der Waals surface area (Å²) in [6.45, 7) is 9.45. The first-order valence-corrected chi connectivity index (χ1v) is 6.90. The molecular formula is C16H24O. The molecule has 1 fully saturated rings. The Labute approximate surface area is 105 Å². The van der Waals surface area contributed by atoms with Gasteiger partial charge < -0.3 is 4.74 Å². The molecule has 0 aromatic heterocycles. The van der Waals surface area contributed by atoms with Gasteiger partial charge in [0.15, 0.2) is 0 Å². The van der Waals surface area contributed by atoms with Crippen molar-refractivity contribution >= 4 is 0 Å². The molecule has 1 atom stereocenters. The molecule has 1 nitrogen and oxygen atoms in total. The van der Waals surface area contributed by atoms with Gasteiger partial charge in [-0.25, -0.2) is 0 Å². The van der Waals surface area contributed by atoms with Crippen LogP contribution in [0.2, 0.25) is 0 Å². The van der Waals surface area contributed by atoms with Crippen molar-refractivity contribution < 1.29 is 4.74 Å². The van der Waals surface area contributed by atoms with Gasteiger partial charge in [-0.2, -0.15) is 0 Å². The van der Waals surface area contributed by atoms with Crippen molar-refractivity contribution in [1.82, 2.24) is 0 Å². The van der Waals surface area contributed by atoms with Gasteiger partial charge in [0.05, 0.1) is 6.61 Å². The van der Waals surface area contributed by atoms with Crippen LogP contribution >= 0.6 is 0 Å². The molecule has 1 heteroatoms. The molecule has 3 rings (SSSR count). The van der Waals surface area contributed by atoms with E-state index >= 15 is 0 Å². The summed E-state index contributed by atoms with van der Waals surface area (Å²) in [5.74, 6) is 2.02. The number of ether oxygens (including phenoxy) is 1. The molecule has 0 N–H and O–H groups in total. The molecule has 2 aliphatic rings. The Morgan fingerprint density at radius 1 is 1.24 bits per heavy atom. The van der Waals surface area contributed by atoms with Crippen LogP contribution in [0.1, 0.15) is 44.7 Å². The van der Waals surface area contributed by atoms with Gasteiger partial charge in [0.1, 0.15) is 5.75 Å². The van der Waals surface area contributed by atoms with Crippen molar-refractivity contribution in [3.63, 3.8) is 0 Å². The van der Waals surface area contributed by atoms with Crippen LogP contribution in [0, 0.1) is 18.3 Å². The van der Waals surface area contributed by atoms with Crippen LogP contribution in [0.3, 0.4) is 0 Å². The van der Waals surface area contributed by atoms with Crippen LogP contribution in [0.25, 0.3) is 0 Å². The minimum Gasteiger partial charge on any atom is -0.493 e. The third-order valence-corrected chi connectivity index (χ3v) is 3.93. The molecule has 94 valence electrons. The van der Waals surface area contributed by atoms with E-state index < -0.39 is 0 Å². The second kappa shape index (κ2) is 4.72. The zero-order chi connectivity index (χ0) is 12.5. The van der Waals surface area contributed by atoms with Gasteiger partial charge in [-0.1, -0.05) is 38.5 Å². The fraction of sp³-hybridized carbons (Fsp3) is 0.625. The molecule has 0 spiro atoms. The standard InChI is InChI=1S/C14H18O.C2H6/c1-10-3-6-13-11(7-10)8-14(2,9-15-13)12-4-5-12;1-2/h3,6-7,12H,4-5,8-9H2,1-2H3;1-2H3. The van der Waals surface area contributed by atoms with Crippen molar-refractivity contribution in [3.05, 3.63) is 29.3 Å². The summed E-state index contributed by atoms with van der Waals surface area (Å²) in [6, 6.07) is 6.55. The zero-order valence-corrected chi connectivity index (χ0v) is 11.5. The van der Waals surface area contributed by atoms with Crippen LogP contribution in [0.4, 0.5) is 0 Å². The highest BCUT2D eigenvalue weighted by Gasteiger charge is 2.44. The average molecular weight is 232 g/mol. The summed E-state index contributed by atoms with van der Waals surface area (Å²) in [5, 5.41) is 0. The van der Waals surface area contributed by atoms with E-state index in [1.54, 1.807) is 0 Å². The maximum absolute atomic E-state index is 5.90. The van der Waals surface area contributed by atoms with Crippen LogP contribution in [0.5, 0.6) is 5.75 Å². The molecule has 1 aromatic rings. The van der Waals surface area contributed by atoms with E-state index in [9.17, 15) is 0 Å². The normalized spacial score (nSPS) is 26.4. The molecule has 1 aliphatic carbocycles. The van der Waals surface area contributed by atoms with E-state index in [2.05, 4.69) is 32.0 Å². The van der Waals surface area contributed by atoms with Crippen molar-refractivity contribution in [2.45, 2.75) is 47.0 Å². The van der Waals surface area contributed by atoms with Gasteiger partial charge in [0.2, 0.25) is 0 Å². The lowest BCUT2D eigenvalue weighted by atomic mass is 9.78. The van der Waals surface area contributed by atoms with E-state index in [1.807, 2.05) is 13.8 Å². The van der Waals surface area contributed by atoms with Gasteiger partial charge in [-0.05, 0) is 43.7 Å². The van der Waals surface area contributed by atoms with Gasteiger partial charge in [-0.15, -0.1) is 0 Å². The highest BCUT2D eigenvalue weighted by molar-refractivity contribution is 5.39. The average Bonchev–Trinajstić information content (AvgIpc) is 3.15. The molecule has 0 amide bonds. The molecule has 0 radical (unpaired) electrons. The first-order chi connectivity index (χ1) is 8.17. The molecule has 0 saturated heterocycles. The highest BCUT2D eigenvalue weighted by Crippen LogP contribution is 2.50. The summed E-state index contributed by atoms with van der Waals surface area (Å²) in [5.41, 5.74) is 3.16.